The number of benzene rings is 2. The first-order chi connectivity index (χ1) is 12.5. The summed E-state index contributed by atoms with van der Waals surface area (Å²) in [7, 11) is -3.63. The molecule has 0 aromatic heterocycles. The molecule has 2 aromatic carbocycles. The third-order valence-corrected chi connectivity index (χ3v) is 6.27. The van der Waals surface area contributed by atoms with Gasteiger partial charge in [-0.3, -0.25) is 0 Å². The summed E-state index contributed by atoms with van der Waals surface area (Å²) in [5.41, 5.74) is 2.44. The average Bonchev–Trinajstić information content (AvgIpc) is 2.66. The maximum absolute atomic E-state index is 11.4. The Hall–Kier alpha value is -1.69. The molecule has 1 aliphatic carbocycles. The number of hydrogen-bond acceptors (Lipinski definition) is 3. The molecule has 0 spiro atoms. The molecule has 0 heterocycles. The van der Waals surface area contributed by atoms with Gasteiger partial charge in [-0.25, -0.2) is 13.6 Å². The molecule has 0 radical (unpaired) electrons. The van der Waals surface area contributed by atoms with E-state index in [1.165, 1.54) is 37.7 Å². The van der Waals surface area contributed by atoms with Crippen LogP contribution in [0.4, 0.5) is 0 Å². The average molecular weight is 373 g/mol. The summed E-state index contributed by atoms with van der Waals surface area (Å²) in [5.74, 6) is 0.702. The van der Waals surface area contributed by atoms with Crippen molar-refractivity contribution in [2.24, 2.45) is 11.1 Å². The lowest BCUT2D eigenvalue weighted by molar-refractivity contribution is 0.265. The van der Waals surface area contributed by atoms with Gasteiger partial charge in [0.15, 0.2) is 0 Å². The molecule has 4 nitrogen and oxygen atoms in total. The van der Waals surface area contributed by atoms with Crippen LogP contribution in [0.5, 0.6) is 0 Å². The van der Waals surface area contributed by atoms with Gasteiger partial charge in [-0.1, -0.05) is 61.7 Å². The van der Waals surface area contributed by atoms with E-state index in [-0.39, 0.29) is 4.90 Å². The summed E-state index contributed by atoms with van der Waals surface area (Å²) in [6.07, 6.45) is 7.59. The lowest BCUT2D eigenvalue weighted by Crippen LogP contribution is -2.38. The first kappa shape index (κ1) is 19.1. The normalized spacial score (nSPS) is 17.1. The van der Waals surface area contributed by atoms with Crippen molar-refractivity contribution in [2.45, 2.75) is 56.0 Å². The Morgan fingerprint density at radius 2 is 1.58 bits per heavy atom. The number of rotatable bonds is 7. The third-order valence-electron chi connectivity index (χ3n) is 5.34. The van der Waals surface area contributed by atoms with Crippen LogP contribution < -0.4 is 10.5 Å². The van der Waals surface area contributed by atoms with E-state index >= 15 is 0 Å². The van der Waals surface area contributed by atoms with Gasteiger partial charge >= 0.3 is 0 Å². The standard InChI is InChI=1S/C21H28N2O2S/c22-26(24,25)20-13-11-18(12-14-20)16-23-21(19-9-5-2-6-10-19)15-17-7-3-1-4-8-17/h1,3-4,7-8,11-14,19,21,23H,2,5-6,9-10,15-16H2,(H2,22,24,25). The van der Waals surface area contributed by atoms with Crippen LogP contribution in [0.2, 0.25) is 0 Å². The monoisotopic (exact) mass is 372 g/mol. The Morgan fingerprint density at radius 3 is 2.19 bits per heavy atom. The number of nitrogens with two attached hydrogens (primary N) is 1. The Balaban J connectivity index is 1.67. The summed E-state index contributed by atoms with van der Waals surface area (Å²) in [5, 5.41) is 8.90. The summed E-state index contributed by atoms with van der Waals surface area (Å²) >= 11 is 0. The smallest absolute Gasteiger partial charge is 0.238 e. The zero-order valence-corrected chi connectivity index (χ0v) is 15.9. The van der Waals surface area contributed by atoms with Crippen LogP contribution in [0.25, 0.3) is 0 Å². The fourth-order valence-electron chi connectivity index (χ4n) is 3.86. The summed E-state index contributed by atoms with van der Waals surface area (Å²) in [6, 6.07) is 17.9. The molecule has 1 unspecified atom stereocenters. The quantitative estimate of drug-likeness (QED) is 0.780. The van der Waals surface area contributed by atoms with Crippen molar-refractivity contribution in [1.29, 1.82) is 0 Å². The van der Waals surface area contributed by atoms with Gasteiger partial charge in [0.2, 0.25) is 10.0 Å². The second-order valence-corrected chi connectivity index (χ2v) is 8.83. The molecule has 0 saturated heterocycles. The zero-order valence-electron chi connectivity index (χ0n) is 15.1. The predicted octanol–water partition coefficient (Wildman–Crippen LogP) is 3.62. The highest BCUT2D eigenvalue weighted by Gasteiger charge is 2.23. The molecule has 5 heteroatoms. The highest BCUT2D eigenvalue weighted by Crippen LogP contribution is 2.28. The van der Waals surface area contributed by atoms with E-state index in [0.717, 1.165) is 18.5 Å². The lowest BCUT2D eigenvalue weighted by atomic mass is 9.81. The highest BCUT2D eigenvalue weighted by atomic mass is 32.2. The molecular formula is C21H28N2O2S. The molecule has 0 amide bonds. The molecule has 140 valence electrons. The van der Waals surface area contributed by atoms with Crippen molar-refractivity contribution in [1.82, 2.24) is 5.32 Å². The Labute approximate surface area is 156 Å². The Morgan fingerprint density at radius 1 is 0.923 bits per heavy atom. The molecule has 1 fully saturated rings. The van der Waals surface area contributed by atoms with Crippen molar-refractivity contribution < 1.29 is 8.42 Å². The van der Waals surface area contributed by atoms with E-state index in [4.69, 9.17) is 5.14 Å². The van der Waals surface area contributed by atoms with Crippen molar-refractivity contribution in [3.05, 3.63) is 65.7 Å². The van der Waals surface area contributed by atoms with Gasteiger partial charge in [-0.2, -0.15) is 0 Å². The maximum Gasteiger partial charge on any atom is 0.238 e. The highest BCUT2D eigenvalue weighted by molar-refractivity contribution is 7.89. The summed E-state index contributed by atoms with van der Waals surface area (Å²) in [6.45, 7) is 0.735. The molecule has 1 atom stereocenters. The van der Waals surface area contributed by atoms with Gasteiger partial charge in [0.1, 0.15) is 0 Å². The molecule has 3 N–H and O–H groups in total. The fourth-order valence-corrected chi connectivity index (χ4v) is 4.37. The molecule has 1 saturated carbocycles. The van der Waals surface area contributed by atoms with Gasteiger partial charge in [0.05, 0.1) is 4.90 Å². The van der Waals surface area contributed by atoms with Gasteiger partial charge < -0.3 is 5.32 Å². The molecular weight excluding hydrogens is 344 g/mol. The molecule has 0 aliphatic heterocycles. The van der Waals surface area contributed by atoms with Gasteiger partial charge in [-0.15, -0.1) is 0 Å². The molecule has 3 rings (SSSR count). The van der Waals surface area contributed by atoms with Gasteiger partial charge in [-0.05, 0) is 48.4 Å². The minimum Gasteiger partial charge on any atom is -0.309 e. The summed E-state index contributed by atoms with van der Waals surface area (Å²) < 4.78 is 22.8. The Kier molecular flexibility index (Phi) is 6.46. The summed E-state index contributed by atoms with van der Waals surface area (Å²) in [4.78, 5) is 0.161. The van der Waals surface area contributed by atoms with Crippen LogP contribution in [0.15, 0.2) is 59.5 Å². The van der Waals surface area contributed by atoms with Crippen molar-refractivity contribution >= 4 is 10.0 Å². The second-order valence-electron chi connectivity index (χ2n) is 7.26. The fraction of sp³-hybridized carbons (Fsp3) is 0.429. The number of sulfonamides is 1. The van der Waals surface area contributed by atoms with Crippen molar-refractivity contribution in [3.8, 4) is 0 Å². The van der Waals surface area contributed by atoms with Gasteiger partial charge in [0, 0.05) is 12.6 Å². The molecule has 1 aliphatic rings. The van der Waals surface area contributed by atoms with Crippen molar-refractivity contribution in [2.75, 3.05) is 0 Å². The van der Waals surface area contributed by atoms with Crippen LogP contribution in [0.1, 0.15) is 43.2 Å². The Bertz CT molecular complexity index is 783. The number of nitrogens with one attached hydrogen (secondary N) is 1. The second kappa shape index (κ2) is 8.80. The topological polar surface area (TPSA) is 72.2 Å². The minimum atomic E-state index is -3.63. The number of primary sulfonamides is 1. The largest absolute Gasteiger partial charge is 0.309 e. The third kappa shape index (κ3) is 5.40. The van der Waals surface area contributed by atoms with E-state index < -0.39 is 10.0 Å². The van der Waals surface area contributed by atoms with Gasteiger partial charge in [0.25, 0.3) is 0 Å². The van der Waals surface area contributed by atoms with Crippen LogP contribution in [0, 0.1) is 5.92 Å². The van der Waals surface area contributed by atoms with Crippen LogP contribution in [-0.4, -0.2) is 14.5 Å². The van der Waals surface area contributed by atoms with E-state index in [1.54, 1.807) is 12.1 Å². The molecule has 26 heavy (non-hydrogen) atoms. The van der Waals surface area contributed by atoms with E-state index in [9.17, 15) is 8.42 Å². The van der Waals surface area contributed by atoms with E-state index in [0.29, 0.717) is 12.0 Å². The van der Waals surface area contributed by atoms with Crippen molar-refractivity contribution in [3.63, 3.8) is 0 Å². The van der Waals surface area contributed by atoms with E-state index in [2.05, 4.69) is 35.6 Å². The SMILES string of the molecule is NS(=O)(=O)c1ccc(CNC(Cc2ccccc2)C2CCCCC2)cc1. The minimum absolute atomic E-state index is 0.161. The zero-order chi connectivity index (χ0) is 18.4. The van der Waals surface area contributed by atoms with Crippen LogP contribution in [-0.2, 0) is 23.0 Å². The first-order valence-electron chi connectivity index (χ1n) is 9.41. The first-order valence-corrected chi connectivity index (χ1v) is 11.0. The van der Waals surface area contributed by atoms with E-state index in [1.807, 2.05) is 12.1 Å². The molecule has 0 bridgehead atoms. The molecule has 2 aromatic rings. The maximum atomic E-state index is 11.4. The van der Waals surface area contributed by atoms with Crippen LogP contribution in [0.3, 0.4) is 0 Å². The van der Waals surface area contributed by atoms with Crippen LogP contribution >= 0.6 is 0 Å². The lowest BCUT2D eigenvalue weighted by Gasteiger charge is -2.31. The number of hydrogen-bond donors (Lipinski definition) is 2. The predicted molar refractivity (Wildman–Crippen MR) is 105 cm³/mol.